The van der Waals surface area contributed by atoms with Crippen LogP contribution in [0.3, 0.4) is 0 Å². The summed E-state index contributed by atoms with van der Waals surface area (Å²) in [5, 5.41) is 0. The van der Waals surface area contributed by atoms with Crippen LogP contribution < -0.4 is 14.2 Å². The molecule has 1 aromatic carbocycles. The van der Waals surface area contributed by atoms with Crippen LogP contribution in [0, 0.1) is 0 Å². The van der Waals surface area contributed by atoms with Gasteiger partial charge in [0, 0.05) is 11.3 Å². The first kappa shape index (κ1) is 12.4. The summed E-state index contributed by atoms with van der Waals surface area (Å²) in [7, 11) is 4.86. The van der Waals surface area contributed by atoms with Crippen LogP contribution in [-0.2, 0) is 5.41 Å². The van der Waals surface area contributed by atoms with Gasteiger partial charge in [-0.3, -0.25) is 0 Å². The van der Waals surface area contributed by atoms with Crippen molar-refractivity contribution in [2.45, 2.75) is 18.3 Å². The van der Waals surface area contributed by atoms with Crippen LogP contribution in [0.25, 0.3) is 0 Å². The minimum absolute atomic E-state index is 0.106. The van der Waals surface area contributed by atoms with Crippen LogP contribution >= 0.6 is 11.6 Å². The predicted octanol–water partition coefficient (Wildman–Crippen LogP) is 2.98. The van der Waals surface area contributed by atoms with Crippen molar-refractivity contribution in [1.82, 2.24) is 0 Å². The van der Waals surface area contributed by atoms with Crippen LogP contribution in [0.5, 0.6) is 17.2 Å². The van der Waals surface area contributed by atoms with Crippen LogP contribution in [0.15, 0.2) is 12.1 Å². The van der Waals surface area contributed by atoms with Gasteiger partial charge in [-0.15, -0.1) is 11.6 Å². The van der Waals surface area contributed by atoms with Gasteiger partial charge in [0.2, 0.25) is 5.75 Å². The Morgan fingerprint density at radius 1 is 1.06 bits per heavy atom. The molecule has 0 radical (unpaired) electrons. The monoisotopic (exact) mass is 256 g/mol. The summed E-state index contributed by atoms with van der Waals surface area (Å²) in [4.78, 5) is 0. The third-order valence-corrected chi connectivity index (χ3v) is 3.90. The molecule has 2 rings (SSSR count). The first-order valence-corrected chi connectivity index (χ1v) is 6.10. The van der Waals surface area contributed by atoms with E-state index in [2.05, 4.69) is 0 Å². The lowest BCUT2D eigenvalue weighted by Gasteiger charge is -2.18. The molecule has 4 heteroatoms. The SMILES string of the molecule is COc1cc(C2(CCl)CC2)cc(OC)c1OC. The second-order valence-corrected chi connectivity index (χ2v) is 4.60. The van der Waals surface area contributed by atoms with E-state index in [1.807, 2.05) is 12.1 Å². The average molecular weight is 257 g/mol. The second kappa shape index (κ2) is 4.65. The van der Waals surface area contributed by atoms with E-state index in [9.17, 15) is 0 Å². The minimum Gasteiger partial charge on any atom is -0.493 e. The molecule has 3 nitrogen and oxygen atoms in total. The molecule has 0 aliphatic heterocycles. The molecule has 1 saturated carbocycles. The molecule has 94 valence electrons. The van der Waals surface area contributed by atoms with Crippen molar-refractivity contribution in [3.63, 3.8) is 0 Å². The number of halogens is 1. The first-order chi connectivity index (χ1) is 8.20. The zero-order chi connectivity index (χ0) is 12.5. The molecule has 0 aromatic heterocycles. The summed E-state index contributed by atoms with van der Waals surface area (Å²) in [6.45, 7) is 0. The number of ether oxygens (including phenoxy) is 3. The van der Waals surface area contributed by atoms with E-state index in [0.717, 1.165) is 12.8 Å². The van der Waals surface area contributed by atoms with Crippen molar-refractivity contribution < 1.29 is 14.2 Å². The first-order valence-electron chi connectivity index (χ1n) is 5.57. The molecule has 0 saturated heterocycles. The Kier molecular flexibility index (Phi) is 3.38. The second-order valence-electron chi connectivity index (χ2n) is 4.33. The quantitative estimate of drug-likeness (QED) is 0.758. The Hall–Kier alpha value is -1.09. The summed E-state index contributed by atoms with van der Waals surface area (Å²) in [5.41, 5.74) is 1.27. The topological polar surface area (TPSA) is 27.7 Å². The molecule has 0 amide bonds. The zero-order valence-electron chi connectivity index (χ0n) is 10.4. The molecule has 17 heavy (non-hydrogen) atoms. The standard InChI is InChI=1S/C13H17ClO3/c1-15-10-6-9(13(8-14)4-5-13)7-11(16-2)12(10)17-3/h6-7H,4-5,8H2,1-3H3. The van der Waals surface area contributed by atoms with E-state index in [1.165, 1.54) is 5.56 Å². The summed E-state index contributed by atoms with van der Waals surface area (Å²) >= 11 is 6.04. The van der Waals surface area contributed by atoms with Crippen molar-refractivity contribution >= 4 is 11.6 Å². The van der Waals surface area contributed by atoms with Gasteiger partial charge >= 0.3 is 0 Å². The fourth-order valence-electron chi connectivity index (χ4n) is 2.04. The lowest BCUT2D eigenvalue weighted by molar-refractivity contribution is 0.323. The number of methoxy groups -OCH3 is 3. The highest BCUT2D eigenvalue weighted by Crippen LogP contribution is 2.52. The largest absolute Gasteiger partial charge is 0.493 e. The Morgan fingerprint density at radius 3 is 1.88 bits per heavy atom. The maximum Gasteiger partial charge on any atom is 0.203 e. The Balaban J connectivity index is 2.49. The molecule has 1 fully saturated rings. The van der Waals surface area contributed by atoms with E-state index in [4.69, 9.17) is 25.8 Å². The van der Waals surface area contributed by atoms with E-state index in [1.54, 1.807) is 21.3 Å². The van der Waals surface area contributed by atoms with E-state index >= 15 is 0 Å². The van der Waals surface area contributed by atoms with Gasteiger partial charge in [-0.2, -0.15) is 0 Å². The lowest BCUT2D eigenvalue weighted by Crippen LogP contribution is -2.09. The van der Waals surface area contributed by atoms with Crippen LogP contribution in [0.4, 0.5) is 0 Å². The van der Waals surface area contributed by atoms with Gasteiger partial charge in [-0.25, -0.2) is 0 Å². The number of alkyl halides is 1. The van der Waals surface area contributed by atoms with Crippen LogP contribution in [0.2, 0.25) is 0 Å². The minimum atomic E-state index is 0.106. The van der Waals surface area contributed by atoms with Gasteiger partial charge in [0.05, 0.1) is 21.3 Å². The van der Waals surface area contributed by atoms with Gasteiger partial charge in [-0.05, 0) is 30.5 Å². The van der Waals surface area contributed by atoms with Crippen LogP contribution in [0.1, 0.15) is 18.4 Å². The smallest absolute Gasteiger partial charge is 0.203 e. The van der Waals surface area contributed by atoms with E-state index < -0.39 is 0 Å². The summed E-state index contributed by atoms with van der Waals surface area (Å²) in [5.74, 6) is 2.65. The molecular formula is C13H17ClO3. The van der Waals surface area contributed by atoms with E-state index in [0.29, 0.717) is 23.1 Å². The van der Waals surface area contributed by atoms with Gasteiger partial charge in [0.15, 0.2) is 11.5 Å². The van der Waals surface area contributed by atoms with Gasteiger partial charge < -0.3 is 14.2 Å². The molecule has 0 N–H and O–H groups in total. The fourth-order valence-corrected chi connectivity index (χ4v) is 2.46. The fraction of sp³-hybridized carbons (Fsp3) is 0.538. The molecule has 1 aromatic rings. The Bertz CT molecular complexity index is 388. The number of benzene rings is 1. The predicted molar refractivity (Wildman–Crippen MR) is 67.7 cm³/mol. The van der Waals surface area contributed by atoms with Crippen molar-refractivity contribution in [2.75, 3.05) is 27.2 Å². The average Bonchev–Trinajstić information content (AvgIpc) is 3.17. The molecule has 0 atom stereocenters. The Labute approximate surface area is 107 Å². The maximum atomic E-state index is 6.04. The van der Waals surface area contributed by atoms with Crippen LogP contribution in [-0.4, -0.2) is 27.2 Å². The summed E-state index contributed by atoms with van der Waals surface area (Å²) in [6.07, 6.45) is 2.24. The summed E-state index contributed by atoms with van der Waals surface area (Å²) < 4.78 is 16.0. The highest BCUT2D eigenvalue weighted by Gasteiger charge is 2.44. The molecule has 0 unspecified atom stereocenters. The number of hydrogen-bond acceptors (Lipinski definition) is 3. The zero-order valence-corrected chi connectivity index (χ0v) is 11.1. The highest BCUT2D eigenvalue weighted by atomic mass is 35.5. The normalized spacial score (nSPS) is 16.5. The van der Waals surface area contributed by atoms with Gasteiger partial charge in [0.25, 0.3) is 0 Å². The van der Waals surface area contributed by atoms with Crippen molar-refractivity contribution in [3.8, 4) is 17.2 Å². The van der Waals surface area contributed by atoms with Crippen molar-refractivity contribution in [3.05, 3.63) is 17.7 Å². The lowest BCUT2D eigenvalue weighted by atomic mass is 9.97. The van der Waals surface area contributed by atoms with Crippen molar-refractivity contribution in [2.24, 2.45) is 0 Å². The molecular weight excluding hydrogens is 240 g/mol. The third kappa shape index (κ3) is 2.04. The molecule has 0 heterocycles. The molecule has 1 aliphatic rings. The summed E-state index contributed by atoms with van der Waals surface area (Å²) in [6, 6.07) is 3.99. The maximum absolute atomic E-state index is 6.04. The van der Waals surface area contributed by atoms with Gasteiger partial charge in [0.1, 0.15) is 0 Å². The molecule has 0 spiro atoms. The third-order valence-electron chi connectivity index (χ3n) is 3.39. The number of rotatable bonds is 5. The Morgan fingerprint density at radius 2 is 1.59 bits per heavy atom. The number of hydrogen-bond donors (Lipinski definition) is 0. The molecule has 0 bridgehead atoms. The highest BCUT2D eigenvalue weighted by molar-refractivity contribution is 6.19. The van der Waals surface area contributed by atoms with Crippen molar-refractivity contribution in [1.29, 1.82) is 0 Å². The molecule has 1 aliphatic carbocycles. The van der Waals surface area contributed by atoms with Gasteiger partial charge in [-0.1, -0.05) is 0 Å². The van der Waals surface area contributed by atoms with E-state index in [-0.39, 0.29) is 5.41 Å².